The van der Waals surface area contributed by atoms with E-state index in [0.29, 0.717) is 17.2 Å². The molecule has 0 atom stereocenters. The van der Waals surface area contributed by atoms with E-state index in [1.165, 1.54) is 6.07 Å². The van der Waals surface area contributed by atoms with Crippen molar-refractivity contribution in [1.29, 1.82) is 5.26 Å². The van der Waals surface area contributed by atoms with Gasteiger partial charge in [0.05, 0.1) is 16.3 Å². The molecule has 1 fully saturated rings. The number of aromatic nitrogens is 4. The third kappa shape index (κ3) is 4.80. The van der Waals surface area contributed by atoms with Crippen molar-refractivity contribution in [1.82, 2.24) is 19.3 Å². The van der Waals surface area contributed by atoms with Gasteiger partial charge in [-0.2, -0.15) is 10.4 Å². The predicted octanol–water partition coefficient (Wildman–Crippen LogP) is 4.74. The Hall–Kier alpha value is -3.64. The Morgan fingerprint density at radius 3 is 2.57 bits per heavy atom. The Morgan fingerprint density at radius 2 is 1.94 bits per heavy atom. The second kappa shape index (κ2) is 9.92. The van der Waals surface area contributed by atoms with Crippen molar-refractivity contribution < 1.29 is 14.3 Å². The molecule has 0 aliphatic heterocycles. The van der Waals surface area contributed by atoms with Crippen LogP contribution in [-0.2, 0) is 9.53 Å². The van der Waals surface area contributed by atoms with Gasteiger partial charge < -0.3 is 14.6 Å². The monoisotopic (exact) mass is 494 g/mol. The van der Waals surface area contributed by atoms with E-state index in [0.717, 1.165) is 48.3 Å². The highest BCUT2D eigenvalue weighted by Gasteiger charge is 2.27. The summed E-state index contributed by atoms with van der Waals surface area (Å²) in [5.41, 5.74) is 3.77. The first kappa shape index (κ1) is 24.5. The van der Waals surface area contributed by atoms with Crippen LogP contribution in [0.5, 0.6) is 0 Å². The van der Waals surface area contributed by atoms with E-state index in [4.69, 9.17) is 16.3 Å². The number of amides is 1. The van der Waals surface area contributed by atoms with E-state index in [-0.39, 0.29) is 16.8 Å². The number of aryl methyl sites for hydroxylation is 2. The van der Waals surface area contributed by atoms with Gasteiger partial charge in [0, 0.05) is 17.4 Å². The Kier molecular flexibility index (Phi) is 6.94. The lowest BCUT2D eigenvalue weighted by molar-refractivity contribution is -0.119. The summed E-state index contributed by atoms with van der Waals surface area (Å²) in [7, 11) is 0. The van der Waals surface area contributed by atoms with Crippen LogP contribution in [-0.4, -0.2) is 37.8 Å². The number of hydrogen-bond donors (Lipinski definition) is 1. The molecule has 0 aromatic carbocycles. The lowest BCUT2D eigenvalue weighted by atomic mass is 10.2. The highest BCUT2D eigenvalue weighted by atomic mass is 35.5. The zero-order valence-corrected chi connectivity index (χ0v) is 20.9. The van der Waals surface area contributed by atoms with E-state index in [1.807, 2.05) is 38.3 Å². The van der Waals surface area contributed by atoms with Crippen molar-refractivity contribution in [2.45, 2.75) is 59.4 Å². The maximum atomic E-state index is 12.7. The van der Waals surface area contributed by atoms with Crippen LogP contribution in [0.15, 0.2) is 18.2 Å². The molecule has 4 rings (SSSR count). The molecule has 0 bridgehead atoms. The summed E-state index contributed by atoms with van der Waals surface area (Å²) in [5, 5.41) is 17.0. The Bertz CT molecular complexity index is 1340. The summed E-state index contributed by atoms with van der Waals surface area (Å²) in [6.07, 6.45) is 4.21. The fourth-order valence-electron chi connectivity index (χ4n) is 4.63. The van der Waals surface area contributed by atoms with Crippen molar-refractivity contribution in [3.05, 3.63) is 57.1 Å². The maximum Gasteiger partial charge on any atom is 0.359 e. The summed E-state index contributed by atoms with van der Waals surface area (Å²) in [6, 6.07) is 7.51. The molecule has 0 unspecified atom stereocenters. The van der Waals surface area contributed by atoms with Gasteiger partial charge in [0.2, 0.25) is 0 Å². The molecule has 0 radical (unpaired) electrons. The van der Waals surface area contributed by atoms with Gasteiger partial charge in [-0.15, -0.1) is 0 Å². The van der Waals surface area contributed by atoms with Gasteiger partial charge in [0.25, 0.3) is 5.91 Å². The first-order chi connectivity index (χ1) is 16.7. The molecule has 1 aliphatic carbocycles. The van der Waals surface area contributed by atoms with Crippen LogP contribution in [0.4, 0.5) is 5.82 Å². The number of carbonyl (C=O) groups excluding carboxylic acids is 2. The SMILES string of the molecule is Cc1cc(C)n(-c2ccc(Cl)c(C(=O)OCC(=O)Nc3c(C#N)c(C)c(C)n3C3CCCC3)n2)n1. The minimum atomic E-state index is -0.826. The smallest absolute Gasteiger partial charge is 0.359 e. The third-order valence-corrected chi connectivity index (χ3v) is 6.71. The number of carbonyl (C=O) groups is 2. The second-order valence-corrected chi connectivity index (χ2v) is 9.22. The quantitative estimate of drug-likeness (QED) is 0.495. The Labute approximate surface area is 208 Å². The summed E-state index contributed by atoms with van der Waals surface area (Å²) in [5.74, 6) is -0.501. The van der Waals surface area contributed by atoms with Crippen LogP contribution >= 0.6 is 11.6 Å². The summed E-state index contributed by atoms with van der Waals surface area (Å²) in [4.78, 5) is 29.8. The summed E-state index contributed by atoms with van der Waals surface area (Å²) >= 11 is 6.19. The van der Waals surface area contributed by atoms with Crippen LogP contribution in [0.3, 0.4) is 0 Å². The minimum absolute atomic E-state index is 0.105. The zero-order valence-electron chi connectivity index (χ0n) is 20.2. The average Bonchev–Trinajstić information content (AvgIpc) is 3.52. The van der Waals surface area contributed by atoms with Gasteiger partial charge in [0.1, 0.15) is 11.9 Å². The average molecular weight is 495 g/mol. The largest absolute Gasteiger partial charge is 0.451 e. The van der Waals surface area contributed by atoms with Crippen molar-refractivity contribution in [3.63, 3.8) is 0 Å². The van der Waals surface area contributed by atoms with Crippen LogP contribution in [0.2, 0.25) is 5.02 Å². The molecule has 0 spiro atoms. The summed E-state index contributed by atoms with van der Waals surface area (Å²) in [6.45, 7) is 7.02. The van der Waals surface area contributed by atoms with Gasteiger partial charge in [-0.3, -0.25) is 4.79 Å². The highest BCUT2D eigenvalue weighted by Crippen LogP contribution is 2.37. The van der Waals surface area contributed by atoms with E-state index in [2.05, 4.69) is 21.5 Å². The number of nitrogens with one attached hydrogen (secondary N) is 1. The van der Waals surface area contributed by atoms with Gasteiger partial charge in [-0.25, -0.2) is 14.5 Å². The second-order valence-electron chi connectivity index (χ2n) is 8.82. The van der Waals surface area contributed by atoms with Crippen LogP contribution < -0.4 is 5.32 Å². The van der Waals surface area contributed by atoms with E-state index < -0.39 is 18.5 Å². The standard InChI is InChI=1S/C25H27ClN6O3/c1-14-11-15(2)32(30-14)21-10-9-20(26)23(28-21)25(34)35-13-22(33)29-24-19(12-27)16(3)17(4)31(24)18-7-5-6-8-18/h9-11,18H,5-8,13H2,1-4H3,(H,29,33). The number of ether oxygens (including phenoxy) is 1. The molecule has 1 aliphatic rings. The normalized spacial score (nSPS) is 13.6. The predicted molar refractivity (Wildman–Crippen MR) is 131 cm³/mol. The Morgan fingerprint density at radius 1 is 1.23 bits per heavy atom. The molecule has 9 nitrogen and oxygen atoms in total. The van der Waals surface area contributed by atoms with E-state index in [9.17, 15) is 14.9 Å². The molecule has 3 aromatic heterocycles. The van der Waals surface area contributed by atoms with Gasteiger partial charge in [0.15, 0.2) is 18.1 Å². The maximum absolute atomic E-state index is 12.7. The van der Waals surface area contributed by atoms with E-state index in [1.54, 1.807) is 10.7 Å². The van der Waals surface area contributed by atoms with Crippen molar-refractivity contribution in [2.24, 2.45) is 0 Å². The zero-order chi connectivity index (χ0) is 25.3. The number of pyridine rings is 1. The van der Waals surface area contributed by atoms with Crippen molar-refractivity contribution in [2.75, 3.05) is 11.9 Å². The molecular formula is C25H27ClN6O3. The molecule has 3 heterocycles. The van der Waals surface area contributed by atoms with Crippen molar-refractivity contribution in [3.8, 4) is 11.9 Å². The molecule has 1 N–H and O–H groups in total. The molecule has 1 saturated carbocycles. The van der Waals surface area contributed by atoms with E-state index >= 15 is 0 Å². The number of nitriles is 1. The highest BCUT2D eigenvalue weighted by molar-refractivity contribution is 6.33. The number of esters is 1. The van der Waals surface area contributed by atoms with Gasteiger partial charge in [-0.05, 0) is 64.3 Å². The topological polar surface area (TPSA) is 115 Å². The lowest BCUT2D eigenvalue weighted by Crippen LogP contribution is -2.24. The van der Waals surface area contributed by atoms with Crippen LogP contribution in [0.1, 0.15) is 70.4 Å². The number of anilines is 1. The molecule has 0 saturated heterocycles. The molecule has 182 valence electrons. The summed E-state index contributed by atoms with van der Waals surface area (Å²) < 4.78 is 8.86. The van der Waals surface area contributed by atoms with Crippen molar-refractivity contribution >= 4 is 29.3 Å². The van der Waals surface area contributed by atoms with Gasteiger partial charge in [-0.1, -0.05) is 24.4 Å². The minimum Gasteiger partial charge on any atom is -0.451 e. The number of halogens is 1. The fraction of sp³-hybridized carbons (Fsp3) is 0.400. The third-order valence-electron chi connectivity index (χ3n) is 6.40. The first-order valence-corrected chi connectivity index (χ1v) is 11.9. The lowest BCUT2D eigenvalue weighted by Gasteiger charge is -2.19. The molecule has 3 aromatic rings. The van der Waals surface area contributed by atoms with Crippen LogP contribution in [0, 0.1) is 39.0 Å². The molecular weight excluding hydrogens is 468 g/mol. The van der Waals surface area contributed by atoms with Gasteiger partial charge >= 0.3 is 5.97 Å². The molecule has 35 heavy (non-hydrogen) atoms. The van der Waals surface area contributed by atoms with Crippen LogP contribution in [0.25, 0.3) is 5.82 Å². The number of rotatable bonds is 6. The number of nitrogens with zero attached hydrogens (tertiary/aromatic N) is 5. The number of hydrogen-bond acceptors (Lipinski definition) is 6. The fourth-order valence-corrected chi connectivity index (χ4v) is 4.81. The molecule has 10 heteroatoms. The molecule has 1 amide bonds. The Balaban J connectivity index is 1.50. The first-order valence-electron chi connectivity index (χ1n) is 11.5.